The first-order valence-electron chi connectivity index (χ1n) is 4.81. The molecule has 0 fully saturated rings. The Morgan fingerprint density at radius 1 is 1.47 bits per heavy atom. The number of carbonyl (C=O) groups is 1. The maximum Gasteiger partial charge on any atom is 0.387 e. The Morgan fingerprint density at radius 2 is 2.06 bits per heavy atom. The topological polar surface area (TPSA) is 66.8 Å². The zero-order valence-corrected chi connectivity index (χ0v) is 9.06. The number of hydrogen-bond donors (Lipinski definition) is 2. The minimum Gasteiger partial charge on any atom is -0.481 e. The van der Waals surface area contributed by atoms with Crippen LogP contribution in [0.15, 0.2) is 24.3 Å². The fourth-order valence-corrected chi connectivity index (χ4v) is 1.50. The van der Waals surface area contributed by atoms with Crippen LogP contribution in [0.5, 0.6) is 5.75 Å². The van der Waals surface area contributed by atoms with Gasteiger partial charge in [0.1, 0.15) is 11.4 Å². The van der Waals surface area contributed by atoms with Crippen LogP contribution in [0.1, 0.15) is 18.9 Å². The van der Waals surface area contributed by atoms with Crippen molar-refractivity contribution in [2.75, 3.05) is 0 Å². The summed E-state index contributed by atoms with van der Waals surface area (Å²) in [7, 11) is 0. The molecule has 0 spiro atoms. The van der Waals surface area contributed by atoms with E-state index in [2.05, 4.69) is 4.74 Å². The van der Waals surface area contributed by atoms with Crippen molar-refractivity contribution in [1.29, 1.82) is 0 Å². The SMILES string of the molecule is CC(O)(CC(=O)O)c1ccccc1OC(F)F. The summed E-state index contributed by atoms with van der Waals surface area (Å²) >= 11 is 0. The Morgan fingerprint density at radius 3 is 2.59 bits per heavy atom. The average molecular weight is 246 g/mol. The summed E-state index contributed by atoms with van der Waals surface area (Å²) in [6.45, 7) is -1.80. The molecule has 1 rings (SSSR count). The first-order chi connectivity index (χ1) is 7.83. The molecule has 1 atom stereocenters. The molecule has 94 valence electrons. The first-order valence-corrected chi connectivity index (χ1v) is 4.81. The van der Waals surface area contributed by atoms with Crippen molar-refractivity contribution in [3.63, 3.8) is 0 Å². The van der Waals surface area contributed by atoms with Gasteiger partial charge in [-0.2, -0.15) is 8.78 Å². The number of para-hydroxylation sites is 1. The second kappa shape index (κ2) is 5.09. The summed E-state index contributed by atoms with van der Waals surface area (Å²) in [5.74, 6) is -1.46. The summed E-state index contributed by atoms with van der Waals surface area (Å²) in [5, 5.41) is 18.6. The molecule has 1 aromatic rings. The lowest BCUT2D eigenvalue weighted by atomic mass is 9.92. The van der Waals surface area contributed by atoms with E-state index in [1.54, 1.807) is 0 Å². The third-order valence-electron chi connectivity index (χ3n) is 2.18. The minimum absolute atomic E-state index is 0.0164. The number of halogens is 2. The van der Waals surface area contributed by atoms with Gasteiger partial charge in [-0.05, 0) is 13.0 Å². The molecule has 0 aromatic heterocycles. The highest BCUT2D eigenvalue weighted by molar-refractivity contribution is 5.68. The summed E-state index contributed by atoms with van der Waals surface area (Å²) in [5.41, 5.74) is -1.75. The van der Waals surface area contributed by atoms with Crippen LogP contribution in [-0.2, 0) is 10.4 Å². The maximum atomic E-state index is 12.1. The highest BCUT2D eigenvalue weighted by Gasteiger charge is 2.30. The fraction of sp³-hybridized carbons (Fsp3) is 0.364. The number of alkyl halides is 2. The molecule has 0 amide bonds. The van der Waals surface area contributed by atoms with E-state index in [9.17, 15) is 18.7 Å². The first kappa shape index (κ1) is 13.4. The van der Waals surface area contributed by atoms with Gasteiger partial charge in [-0.15, -0.1) is 0 Å². The molecule has 0 saturated carbocycles. The van der Waals surface area contributed by atoms with Gasteiger partial charge in [0.05, 0.1) is 6.42 Å². The van der Waals surface area contributed by atoms with E-state index in [4.69, 9.17) is 5.11 Å². The molecule has 0 aliphatic carbocycles. The van der Waals surface area contributed by atoms with Crippen molar-refractivity contribution < 1.29 is 28.5 Å². The highest BCUT2D eigenvalue weighted by Crippen LogP contribution is 2.33. The Labute approximate surface area is 96.5 Å². The fourth-order valence-electron chi connectivity index (χ4n) is 1.50. The molecular formula is C11H12F2O4. The number of carboxylic acids is 1. The van der Waals surface area contributed by atoms with E-state index < -0.39 is 24.6 Å². The second-order valence-corrected chi connectivity index (χ2v) is 3.72. The van der Waals surface area contributed by atoms with Gasteiger partial charge in [-0.25, -0.2) is 0 Å². The van der Waals surface area contributed by atoms with Crippen LogP contribution in [0.4, 0.5) is 8.78 Å². The zero-order valence-electron chi connectivity index (χ0n) is 9.06. The smallest absolute Gasteiger partial charge is 0.387 e. The molecule has 1 aromatic carbocycles. The second-order valence-electron chi connectivity index (χ2n) is 3.72. The Hall–Kier alpha value is -1.69. The predicted octanol–water partition coefficient (Wildman–Crippen LogP) is 1.97. The van der Waals surface area contributed by atoms with Crippen molar-refractivity contribution in [2.24, 2.45) is 0 Å². The summed E-state index contributed by atoms with van der Waals surface area (Å²) in [6, 6.07) is 5.56. The number of rotatable bonds is 5. The van der Waals surface area contributed by atoms with Crippen LogP contribution in [0.2, 0.25) is 0 Å². The van der Waals surface area contributed by atoms with E-state index >= 15 is 0 Å². The largest absolute Gasteiger partial charge is 0.481 e. The van der Waals surface area contributed by atoms with Gasteiger partial charge in [0.25, 0.3) is 0 Å². The lowest BCUT2D eigenvalue weighted by molar-refractivity contribution is -0.142. The van der Waals surface area contributed by atoms with Crippen molar-refractivity contribution >= 4 is 5.97 Å². The van der Waals surface area contributed by atoms with Crippen LogP contribution in [0, 0.1) is 0 Å². The minimum atomic E-state index is -3.03. The monoisotopic (exact) mass is 246 g/mol. The maximum absolute atomic E-state index is 12.1. The van der Waals surface area contributed by atoms with E-state index in [0.29, 0.717) is 0 Å². The summed E-state index contributed by atoms with van der Waals surface area (Å²) in [6.07, 6.45) is -0.601. The summed E-state index contributed by atoms with van der Waals surface area (Å²) in [4.78, 5) is 10.6. The number of carboxylic acid groups (broad SMARTS) is 1. The van der Waals surface area contributed by atoms with E-state index in [1.165, 1.54) is 31.2 Å². The molecule has 0 heterocycles. The molecule has 0 aliphatic heterocycles. The number of hydrogen-bond acceptors (Lipinski definition) is 3. The molecular weight excluding hydrogens is 234 g/mol. The lowest BCUT2D eigenvalue weighted by Gasteiger charge is -2.24. The summed E-state index contributed by atoms with van der Waals surface area (Å²) < 4.78 is 28.5. The van der Waals surface area contributed by atoms with Crippen LogP contribution in [-0.4, -0.2) is 22.8 Å². The normalized spacial score (nSPS) is 14.4. The molecule has 0 aliphatic rings. The third kappa shape index (κ3) is 3.67. The van der Waals surface area contributed by atoms with Crippen LogP contribution < -0.4 is 4.74 Å². The van der Waals surface area contributed by atoms with Crippen molar-refractivity contribution in [3.8, 4) is 5.75 Å². The molecule has 17 heavy (non-hydrogen) atoms. The van der Waals surface area contributed by atoms with Crippen molar-refractivity contribution in [1.82, 2.24) is 0 Å². The Bertz CT molecular complexity index is 404. The quantitative estimate of drug-likeness (QED) is 0.833. The van der Waals surface area contributed by atoms with Crippen LogP contribution in [0.3, 0.4) is 0 Å². The number of ether oxygens (including phenoxy) is 1. The third-order valence-corrected chi connectivity index (χ3v) is 2.18. The molecule has 2 N–H and O–H groups in total. The lowest BCUT2D eigenvalue weighted by Crippen LogP contribution is -2.26. The van der Waals surface area contributed by atoms with Gasteiger partial charge in [0, 0.05) is 5.56 Å². The van der Waals surface area contributed by atoms with Gasteiger partial charge in [-0.3, -0.25) is 4.79 Å². The highest BCUT2D eigenvalue weighted by atomic mass is 19.3. The molecule has 0 bridgehead atoms. The average Bonchev–Trinajstić information content (AvgIpc) is 2.15. The predicted molar refractivity (Wildman–Crippen MR) is 54.9 cm³/mol. The van der Waals surface area contributed by atoms with Crippen molar-refractivity contribution in [2.45, 2.75) is 25.6 Å². The number of benzene rings is 1. The Balaban J connectivity index is 3.07. The van der Waals surface area contributed by atoms with Crippen molar-refractivity contribution in [3.05, 3.63) is 29.8 Å². The van der Waals surface area contributed by atoms with E-state index in [1.807, 2.05) is 0 Å². The molecule has 6 heteroatoms. The van der Waals surface area contributed by atoms with Crippen LogP contribution >= 0.6 is 0 Å². The van der Waals surface area contributed by atoms with Gasteiger partial charge in [-0.1, -0.05) is 18.2 Å². The number of aliphatic hydroxyl groups is 1. The molecule has 4 nitrogen and oxygen atoms in total. The zero-order chi connectivity index (χ0) is 13.1. The molecule has 0 radical (unpaired) electrons. The molecule has 1 unspecified atom stereocenters. The van der Waals surface area contributed by atoms with E-state index in [-0.39, 0.29) is 11.3 Å². The van der Waals surface area contributed by atoms with Gasteiger partial charge >= 0.3 is 12.6 Å². The van der Waals surface area contributed by atoms with Crippen LogP contribution in [0.25, 0.3) is 0 Å². The van der Waals surface area contributed by atoms with Gasteiger partial charge in [0.2, 0.25) is 0 Å². The molecule has 0 saturated heterocycles. The van der Waals surface area contributed by atoms with E-state index in [0.717, 1.165) is 0 Å². The van der Waals surface area contributed by atoms with Gasteiger partial charge in [0.15, 0.2) is 0 Å². The van der Waals surface area contributed by atoms with Gasteiger partial charge < -0.3 is 14.9 Å². The standard InChI is InChI=1S/C11H12F2O4/c1-11(16,6-9(14)15)7-4-2-3-5-8(7)17-10(12)13/h2-5,10,16H,6H2,1H3,(H,14,15). The Kier molecular flexibility index (Phi) is 4.01. The number of aliphatic carboxylic acids is 1.